The van der Waals surface area contributed by atoms with Crippen molar-refractivity contribution in [2.75, 3.05) is 6.54 Å². The number of rotatable bonds is 6. The Morgan fingerprint density at radius 2 is 2.06 bits per heavy atom. The van der Waals surface area contributed by atoms with E-state index in [1.807, 2.05) is 0 Å². The standard InChI is InChI=1S/C14H19N3O/c1-3-13(12-6-4-11(2)5-7-12)15-9-8-14-16-10-18-17-14/h4-7,10,13,15H,3,8-9H2,1-2H3. The second-order valence-corrected chi connectivity index (χ2v) is 4.42. The molecule has 0 radical (unpaired) electrons. The molecule has 4 nitrogen and oxygen atoms in total. The van der Waals surface area contributed by atoms with Crippen LogP contribution in [-0.4, -0.2) is 16.7 Å². The third-order valence-electron chi connectivity index (χ3n) is 3.03. The molecule has 1 aromatic heterocycles. The SMILES string of the molecule is CCC(NCCc1ncon1)c1ccc(C)cc1. The van der Waals surface area contributed by atoms with Gasteiger partial charge >= 0.3 is 0 Å². The van der Waals surface area contributed by atoms with Gasteiger partial charge in [-0.3, -0.25) is 0 Å². The van der Waals surface area contributed by atoms with Crippen molar-refractivity contribution in [1.29, 1.82) is 0 Å². The van der Waals surface area contributed by atoms with E-state index in [2.05, 4.69) is 53.6 Å². The number of benzene rings is 1. The van der Waals surface area contributed by atoms with Crippen LogP contribution in [0.2, 0.25) is 0 Å². The van der Waals surface area contributed by atoms with E-state index in [0.717, 1.165) is 25.2 Å². The minimum atomic E-state index is 0.387. The van der Waals surface area contributed by atoms with Gasteiger partial charge < -0.3 is 9.84 Å². The van der Waals surface area contributed by atoms with Crippen molar-refractivity contribution in [3.8, 4) is 0 Å². The highest BCUT2D eigenvalue weighted by atomic mass is 16.5. The van der Waals surface area contributed by atoms with Gasteiger partial charge in [0.15, 0.2) is 5.82 Å². The maximum absolute atomic E-state index is 4.71. The molecule has 4 heteroatoms. The van der Waals surface area contributed by atoms with Crippen LogP contribution < -0.4 is 5.32 Å². The van der Waals surface area contributed by atoms with Gasteiger partial charge in [0.2, 0.25) is 6.39 Å². The summed E-state index contributed by atoms with van der Waals surface area (Å²) in [7, 11) is 0. The zero-order valence-corrected chi connectivity index (χ0v) is 10.9. The maximum Gasteiger partial charge on any atom is 0.213 e. The van der Waals surface area contributed by atoms with Crippen molar-refractivity contribution in [3.63, 3.8) is 0 Å². The summed E-state index contributed by atoms with van der Waals surface area (Å²) in [5.41, 5.74) is 2.62. The molecule has 0 aliphatic rings. The lowest BCUT2D eigenvalue weighted by Gasteiger charge is -2.17. The maximum atomic E-state index is 4.71. The van der Waals surface area contributed by atoms with E-state index < -0.39 is 0 Å². The van der Waals surface area contributed by atoms with Gasteiger partial charge in [0, 0.05) is 19.0 Å². The average Bonchev–Trinajstić information content (AvgIpc) is 2.89. The monoisotopic (exact) mass is 245 g/mol. The first-order valence-electron chi connectivity index (χ1n) is 6.34. The Kier molecular flexibility index (Phi) is 4.47. The van der Waals surface area contributed by atoms with Crippen LogP contribution in [0.15, 0.2) is 35.2 Å². The molecule has 1 heterocycles. The van der Waals surface area contributed by atoms with E-state index in [0.29, 0.717) is 6.04 Å². The van der Waals surface area contributed by atoms with Crippen LogP contribution in [0.5, 0.6) is 0 Å². The van der Waals surface area contributed by atoms with Gasteiger partial charge in [0.1, 0.15) is 0 Å². The van der Waals surface area contributed by atoms with Crippen molar-refractivity contribution in [2.45, 2.75) is 32.7 Å². The normalized spacial score (nSPS) is 12.6. The first kappa shape index (κ1) is 12.8. The second-order valence-electron chi connectivity index (χ2n) is 4.42. The lowest BCUT2D eigenvalue weighted by molar-refractivity contribution is 0.408. The van der Waals surface area contributed by atoms with Gasteiger partial charge in [-0.25, -0.2) is 0 Å². The number of nitrogens with one attached hydrogen (secondary N) is 1. The summed E-state index contributed by atoms with van der Waals surface area (Å²) in [6.45, 7) is 5.15. The smallest absolute Gasteiger partial charge is 0.213 e. The Hall–Kier alpha value is -1.68. The second kappa shape index (κ2) is 6.31. The minimum Gasteiger partial charge on any atom is -0.343 e. The highest BCUT2D eigenvalue weighted by molar-refractivity contribution is 5.24. The molecular formula is C14H19N3O. The highest BCUT2D eigenvalue weighted by Gasteiger charge is 2.08. The molecular weight excluding hydrogens is 226 g/mol. The molecule has 1 atom stereocenters. The van der Waals surface area contributed by atoms with E-state index in [1.165, 1.54) is 17.5 Å². The average molecular weight is 245 g/mol. The topological polar surface area (TPSA) is 51.0 Å². The van der Waals surface area contributed by atoms with E-state index in [9.17, 15) is 0 Å². The fourth-order valence-corrected chi connectivity index (χ4v) is 1.96. The largest absolute Gasteiger partial charge is 0.343 e. The zero-order valence-electron chi connectivity index (χ0n) is 10.9. The highest BCUT2D eigenvalue weighted by Crippen LogP contribution is 2.16. The van der Waals surface area contributed by atoms with Gasteiger partial charge in [-0.2, -0.15) is 4.98 Å². The summed E-state index contributed by atoms with van der Waals surface area (Å²) in [6.07, 6.45) is 3.22. The fraction of sp³-hybridized carbons (Fsp3) is 0.429. The Morgan fingerprint density at radius 3 is 2.67 bits per heavy atom. The molecule has 1 unspecified atom stereocenters. The van der Waals surface area contributed by atoms with Crippen LogP contribution in [0.1, 0.15) is 36.3 Å². The third-order valence-corrected chi connectivity index (χ3v) is 3.03. The number of hydrogen-bond acceptors (Lipinski definition) is 4. The number of nitrogens with zero attached hydrogens (tertiary/aromatic N) is 2. The molecule has 0 bridgehead atoms. The molecule has 0 aliphatic carbocycles. The molecule has 2 rings (SSSR count). The van der Waals surface area contributed by atoms with Crippen LogP contribution >= 0.6 is 0 Å². The van der Waals surface area contributed by atoms with Crippen LogP contribution in [0, 0.1) is 6.92 Å². The van der Waals surface area contributed by atoms with Gasteiger partial charge in [-0.05, 0) is 18.9 Å². The molecule has 96 valence electrons. The lowest BCUT2D eigenvalue weighted by atomic mass is 10.0. The van der Waals surface area contributed by atoms with Gasteiger partial charge in [-0.15, -0.1) is 0 Å². The van der Waals surface area contributed by atoms with Crippen molar-refractivity contribution in [2.24, 2.45) is 0 Å². The predicted molar refractivity (Wildman–Crippen MR) is 70.2 cm³/mol. The van der Waals surface area contributed by atoms with Crippen molar-refractivity contribution >= 4 is 0 Å². The van der Waals surface area contributed by atoms with E-state index in [-0.39, 0.29) is 0 Å². The molecule has 2 aromatic rings. The van der Waals surface area contributed by atoms with Crippen molar-refractivity contribution in [1.82, 2.24) is 15.5 Å². The van der Waals surface area contributed by atoms with Gasteiger partial charge in [0.05, 0.1) is 0 Å². The van der Waals surface area contributed by atoms with Crippen LogP contribution in [-0.2, 0) is 6.42 Å². The number of hydrogen-bond donors (Lipinski definition) is 1. The van der Waals surface area contributed by atoms with Crippen LogP contribution in [0.25, 0.3) is 0 Å². The Balaban J connectivity index is 1.87. The quantitative estimate of drug-likeness (QED) is 0.850. The van der Waals surface area contributed by atoms with E-state index in [4.69, 9.17) is 4.52 Å². The third kappa shape index (κ3) is 3.40. The predicted octanol–water partition coefficient (Wildman–Crippen LogP) is 2.66. The molecule has 0 spiro atoms. The van der Waals surface area contributed by atoms with E-state index in [1.54, 1.807) is 0 Å². The summed E-state index contributed by atoms with van der Waals surface area (Å²) in [6, 6.07) is 9.06. The molecule has 18 heavy (non-hydrogen) atoms. The molecule has 0 saturated carbocycles. The summed E-state index contributed by atoms with van der Waals surface area (Å²) in [5, 5.41) is 7.32. The Morgan fingerprint density at radius 1 is 1.28 bits per heavy atom. The molecule has 1 N–H and O–H groups in total. The molecule has 0 aliphatic heterocycles. The first-order chi connectivity index (χ1) is 8.79. The van der Waals surface area contributed by atoms with Crippen LogP contribution in [0.3, 0.4) is 0 Å². The lowest BCUT2D eigenvalue weighted by Crippen LogP contribution is -2.23. The van der Waals surface area contributed by atoms with Crippen molar-refractivity contribution in [3.05, 3.63) is 47.6 Å². The molecule has 0 fully saturated rings. The summed E-state index contributed by atoms with van der Waals surface area (Å²) >= 11 is 0. The summed E-state index contributed by atoms with van der Waals surface area (Å²) in [4.78, 5) is 4.01. The van der Waals surface area contributed by atoms with Gasteiger partial charge in [0.25, 0.3) is 0 Å². The number of aromatic nitrogens is 2. The molecule has 0 amide bonds. The summed E-state index contributed by atoms with van der Waals surface area (Å²) < 4.78 is 4.71. The first-order valence-corrected chi connectivity index (χ1v) is 6.34. The zero-order chi connectivity index (χ0) is 12.8. The van der Waals surface area contributed by atoms with E-state index >= 15 is 0 Å². The molecule has 0 saturated heterocycles. The van der Waals surface area contributed by atoms with Crippen molar-refractivity contribution < 1.29 is 4.52 Å². The Labute approximate surface area is 107 Å². The number of aryl methyl sites for hydroxylation is 1. The minimum absolute atomic E-state index is 0.387. The fourth-order valence-electron chi connectivity index (χ4n) is 1.96. The molecule has 1 aromatic carbocycles. The summed E-state index contributed by atoms with van der Waals surface area (Å²) in [5.74, 6) is 0.751. The van der Waals surface area contributed by atoms with Crippen LogP contribution in [0.4, 0.5) is 0 Å². The Bertz CT molecular complexity index is 450. The van der Waals surface area contributed by atoms with Gasteiger partial charge in [-0.1, -0.05) is 41.9 Å².